The summed E-state index contributed by atoms with van der Waals surface area (Å²) in [6.07, 6.45) is 3.20. The molecule has 2 nitrogen and oxygen atoms in total. The third kappa shape index (κ3) is 2.22. The molecular formula is C13H15ClO2. The monoisotopic (exact) mass is 238 g/mol. The molecule has 86 valence electrons. The molecule has 0 spiro atoms. The van der Waals surface area contributed by atoms with Crippen molar-refractivity contribution in [2.45, 2.75) is 26.2 Å². The number of ketones is 1. The van der Waals surface area contributed by atoms with E-state index in [4.69, 9.17) is 16.3 Å². The molecule has 0 unspecified atom stereocenters. The number of Topliss-reactive ketones (excluding diaryl/α,β-unsaturated/α-hetero) is 1. The molecule has 1 aliphatic rings. The van der Waals surface area contributed by atoms with E-state index in [2.05, 4.69) is 0 Å². The molecule has 0 aliphatic heterocycles. The van der Waals surface area contributed by atoms with Gasteiger partial charge in [0, 0.05) is 11.5 Å². The zero-order chi connectivity index (χ0) is 11.5. The van der Waals surface area contributed by atoms with Crippen LogP contribution in [-0.4, -0.2) is 12.4 Å². The zero-order valence-corrected chi connectivity index (χ0v) is 10.1. The molecule has 1 aliphatic carbocycles. The van der Waals surface area contributed by atoms with E-state index >= 15 is 0 Å². The number of ether oxygens (including phenoxy) is 1. The summed E-state index contributed by atoms with van der Waals surface area (Å²) >= 11 is 6.04. The fourth-order valence-electron chi connectivity index (χ4n) is 1.83. The van der Waals surface area contributed by atoms with Crippen molar-refractivity contribution >= 4 is 17.4 Å². The number of hydrogen-bond acceptors (Lipinski definition) is 2. The number of carbonyl (C=O) groups excluding carboxylic acids is 1. The van der Waals surface area contributed by atoms with Crippen LogP contribution in [0, 0.1) is 5.92 Å². The molecule has 0 saturated heterocycles. The SMILES string of the molecule is CCOc1ccc(C(=O)C2CCC2)cc1Cl. The standard InChI is InChI=1S/C13H15ClO2/c1-2-16-12-7-6-10(8-11(12)14)13(15)9-4-3-5-9/h6-9H,2-5H2,1H3. The summed E-state index contributed by atoms with van der Waals surface area (Å²) in [4.78, 5) is 11.9. The number of carbonyl (C=O) groups is 1. The highest BCUT2D eigenvalue weighted by Crippen LogP contribution is 2.32. The molecule has 0 radical (unpaired) electrons. The van der Waals surface area contributed by atoms with E-state index in [-0.39, 0.29) is 11.7 Å². The highest BCUT2D eigenvalue weighted by molar-refractivity contribution is 6.32. The Labute approximate surface area is 101 Å². The molecule has 0 N–H and O–H groups in total. The fraction of sp³-hybridized carbons (Fsp3) is 0.462. The topological polar surface area (TPSA) is 26.3 Å². The van der Waals surface area contributed by atoms with Gasteiger partial charge in [0.2, 0.25) is 0 Å². The Balaban J connectivity index is 2.16. The van der Waals surface area contributed by atoms with Gasteiger partial charge in [-0.15, -0.1) is 0 Å². The highest BCUT2D eigenvalue weighted by atomic mass is 35.5. The van der Waals surface area contributed by atoms with E-state index < -0.39 is 0 Å². The maximum Gasteiger partial charge on any atom is 0.165 e. The van der Waals surface area contributed by atoms with Crippen LogP contribution in [0.1, 0.15) is 36.5 Å². The Morgan fingerprint density at radius 3 is 2.75 bits per heavy atom. The molecule has 3 heteroatoms. The van der Waals surface area contributed by atoms with Crippen LogP contribution in [-0.2, 0) is 0 Å². The van der Waals surface area contributed by atoms with Crippen LogP contribution in [0.4, 0.5) is 0 Å². The van der Waals surface area contributed by atoms with E-state index in [9.17, 15) is 4.79 Å². The lowest BCUT2D eigenvalue weighted by Gasteiger charge is -2.23. The van der Waals surface area contributed by atoms with Crippen LogP contribution in [0.3, 0.4) is 0 Å². The number of hydrogen-bond donors (Lipinski definition) is 0. The molecule has 2 rings (SSSR count). The normalized spacial score (nSPS) is 15.6. The lowest BCUT2D eigenvalue weighted by atomic mass is 9.80. The molecule has 16 heavy (non-hydrogen) atoms. The Kier molecular flexibility index (Phi) is 3.49. The van der Waals surface area contributed by atoms with Crippen LogP contribution >= 0.6 is 11.6 Å². The van der Waals surface area contributed by atoms with Crippen molar-refractivity contribution in [1.82, 2.24) is 0 Å². The number of rotatable bonds is 4. The first-order chi connectivity index (χ1) is 7.72. The van der Waals surface area contributed by atoms with Gasteiger partial charge in [-0.2, -0.15) is 0 Å². The lowest BCUT2D eigenvalue weighted by molar-refractivity contribution is 0.0855. The highest BCUT2D eigenvalue weighted by Gasteiger charge is 2.26. The summed E-state index contributed by atoms with van der Waals surface area (Å²) in [5.74, 6) is 1.08. The second-order valence-electron chi connectivity index (χ2n) is 4.07. The molecule has 0 heterocycles. The summed E-state index contributed by atoms with van der Waals surface area (Å²) in [6.45, 7) is 2.49. The van der Waals surface area contributed by atoms with Crippen molar-refractivity contribution in [2.24, 2.45) is 5.92 Å². The average Bonchev–Trinajstić information content (AvgIpc) is 2.18. The minimum absolute atomic E-state index is 0.217. The van der Waals surface area contributed by atoms with Gasteiger partial charge in [-0.1, -0.05) is 18.0 Å². The molecule has 0 amide bonds. The molecule has 1 aromatic rings. The van der Waals surface area contributed by atoms with Crippen molar-refractivity contribution < 1.29 is 9.53 Å². The number of benzene rings is 1. The molecule has 0 atom stereocenters. The minimum atomic E-state index is 0.217. The van der Waals surface area contributed by atoms with Crippen molar-refractivity contribution in [3.8, 4) is 5.75 Å². The first-order valence-electron chi connectivity index (χ1n) is 5.69. The van der Waals surface area contributed by atoms with Gasteiger partial charge in [0.25, 0.3) is 0 Å². The van der Waals surface area contributed by atoms with Gasteiger partial charge in [0.05, 0.1) is 11.6 Å². The second kappa shape index (κ2) is 4.88. The zero-order valence-electron chi connectivity index (χ0n) is 9.33. The van der Waals surface area contributed by atoms with Crippen LogP contribution < -0.4 is 4.74 Å². The summed E-state index contributed by atoms with van der Waals surface area (Å²) < 4.78 is 5.33. The van der Waals surface area contributed by atoms with Crippen LogP contribution in [0.15, 0.2) is 18.2 Å². The van der Waals surface area contributed by atoms with Crippen molar-refractivity contribution in [3.63, 3.8) is 0 Å². The number of halogens is 1. The quantitative estimate of drug-likeness (QED) is 0.748. The average molecular weight is 239 g/mol. The molecule has 1 aromatic carbocycles. The van der Waals surface area contributed by atoms with E-state index in [1.54, 1.807) is 18.2 Å². The molecule has 1 fully saturated rings. The van der Waals surface area contributed by atoms with Gasteiger partial charge in [-0.3, -0.25) is 4.79 Å². The molecular weight excluding hydrogens is 224 g/mol. The largest absolute Gasteiger partial charge is 0.492 e. The first-order valence-corrected chi connectivity index (χ1v) is 6.06. The summed E-state index contributed by atoms with van der Waals surface area (Å²) in [7, 11) is 0. The third-order valence-electron chi connectivity index (χ3n) is 2.99. The smallest absolute Gasteiger partial charge is 0.165 e. The van der Waals surface area contributed by atoms with Gasteiger partial charge < -0.3 is 4.74 Å². The summed E-state index contributed by atoms with van der Waals surface area (Å²) in [5, 5.41) is 0.520. The van der Waals surface area contributed by atoms with Crippen LogP contribution in [0.2, 0.25) is 5.02 Å². The minimum Gasteiger partial charge on any atom is -0.492 e. The van der Waals surface area contributed by atoms with Gasteiger partial charge in [-0.25, -0.2) is 0 Å². The van der Waals surface area contributed by atoms with Gasteiger partial charge in [-0.05, 0) is 38.0 Å². The van der Waals surface area contributed by atoms with Crippen LogP contribution in [0.5, 0.6) is 5.75 Å². The van der Waals surface area contributed by atoms with E-state index in [0.717, 1.165) is 12.8 Å². The third-order valence-corrected chi connectivity index (χ3v) is 3.29. The molecule has 1 saturated carbocycles. The predicted molar refractivity (Wildman–Crippen MR) is 64.3 cm³/mol. The van der Waals surface area contributed by atoms with Crippen LogP contribution in [0.25, 0.3) is 0 Å². The molecule has 0 aromatic heterocycles. The van der Waals surface area contributed by atoms with E-state index in [1.807, 2.05) is 6.92 Å². The van der Waals surface area contributed by atoms with Crippen molar-refractivity contribution in [3.05, 3.63) is 28.8 Å². The Bertz CT molecular complexity index is 397. The summed E-state index contributed by atoms with van der Waals surface area (Å²) in [5.41, 5.74) is 0.707. The molecule has 0 bridgehead atoms. The first kappa shape index (κ1) is 11.5. The maximum atomic E-state index is 11.9. The Morgan fingerprint density at radius 1 is 1.50 bits per heavy atom. The van der Waals surface area contributed by atoms with Crippen molar-refractivity contribution in [1.29, 1.82) is 0 Å². The van der Waals surface area contributed by atoms with E-state index in [0.29, 0.717) is 22.9 Å². The van der Waals surface area contributed by atoms with Gasteiger partial charge >= 0.3 is 0 Å². The maximum absolute atomic E-state index is 11.9. The van der Waals surface area contributed by atoms with Crippen molar-refractivity contribution in [2.75, 3.05) is 6.61 Å². The lowest BCUT2D eigenvalue weighted by Crippen LogP contribution is -2.21. The predicted octanol–water partition coefficient (Wildman–Crippen LogP) is 3.72. The summed E-state index contributed by atoms with van der Waals surface area (Å²) in [6, 6.07) is 5.29. The Morgan fingerprint density at radius 2 is 2.25 bits per heavy atom. The second-order valence-corrected chi connectivity index (χ2v) is 4.48. The Hall–Kier alpha value is -1.02. The van der Waals surface area contributed by atoms with Gasteiger partial charge in [0.15, 0.2) is 5.78 Å². The fourth-order valence-corrected chi connectivity index (χ4v) is 2.07. The van der Waals surface area contributed by atoms with Gasteiger partial charge in [0.1, 0.15) is 5.75 Å². The van der Waals surface area contributed by atoms with E-state index in [1.165, 1.54) is 6.42 Å².